The summed E-state index contributed by atoms with van der Waals surface area (Å²) < 4.78 is 32.7. The van der Waals surface area contributed by atoms with E-state index in [0.29, 0.717) is 5.15 Å². The topological polar surface area (TPSA) is 87.5 Å². The molecule has 0 aliphatic carbocycles. The molecule has 0 saturated heterocycles. The van der Waals surface area contributed by atoms with E-state index in [-0.39, 0.29) is 0 Å². The molecule has 0 saturated carbocycles. The summed E-state index contributed by atoms with van der Waals surface area (Å²) in [5, 5.41) is 0.578. The summed E-state index contributed by atoms with van der Waals surface area (Å²) in [6.07, 6.45) is 1.83. The molecule has 1 heterocycles. The van der Waals surface area contributed by atoms with Crippen LogP contribution in [0.2, 0.25) is 5.15 Å². The molecule has 0 aromatic carbocycles. The number of pyridine rings is 1. The van der Waals surface area contributed by atoms with Crippen molar-refractivity contribution in [3.8, 4) is 0 Å². The van der Waals surface area contributed by atoms with Crippen LogP contribution < -0.4 is 0 Å². The summed E-state index contributed by atoms with van der Waals surface area (Å²) in [5.74, 6) is 0. The van der Waals surface area contributed by atoms with Gasteiger partial charge in [-0.15, -0.1) is 0 Å². The van der Waals surface area contributed by atoms with Crippen molar-refractivity contribution in [1.82, 2.24) is 4.98 Å². The van der Waals surface area contributed by atoms with Gasteiger partial charge in [-0.1, -0.05) is 0 Å². The molecule has 8 heteroatoms. The standard InChI is InChI=1S/C6H5ClN.Na.H2O4S/c1-5-2-3-6(7)8-4-5;;1-5(2,3)4/h2-4H,1H2;;(H2,1,2,3,4). The first-order valence-electron chi connectivity index (χ1n) is 3.63. The van der Waals surface area contributed by atoms with Gasteiger partial charge in [-0.25, -0.2) is 0 Å². The normalized spacial score (nSPS) is 10.4. The fourth-order valence-electron chi connectivity index (χ4n) is 0.616. The van der Waals surface area contributed by atoms with Gasteiger partial charge in [-0.2, -0.15) is 8.42 Å². The van der Waals surface area contributed by atoms with Crippen LogP contribution in [0.1, 0.15) is 5.56 Å². The molecule has 1 aromatic rings. The van der Waals surface area contributed by atoms with Crippen molar-refractivity contribution in [1.29, 1.82) is 0 Å². The molecule has 5 nitrogen and oxygen atoms in total. The summed E-state index contributed by atoms with van der Waals surface area (Å²) >= 11 is 6.76. The zero-order chi connectivity index (χ0) is 11.2. The number of rotatable bonds is 1. The molecule has 14 heavy (non-hydrogen) atoms. The average Bonchev–Trinajstić information content (AvgIpc) is 2.03. The van der Waals surface area contributed by atoms with Gasteiger partial charge >= 0.3 is 87.6 Å². The Bertz CT molecular complexity index is 358. The third-order valence-electron chi connectivity index (χ3n) is 1.20. The second-order valence-electron chi connectivity index (χ2n) is 2.29. The van der Waals surface area contributed by atoms with Crippen LogP contribution in [0.25, 0.3) is 0 Å². The zero-order valence-corrected chi connectivity index (χ0v) is 11.0. The minimum absolute atomic E-state index is 0.578. The molecule has 0 atom stereocenters. The SMILES string of the molecule is O=S(=O)(O)O.[Na][CH2]c1ccc(Cl)nc1. The molecular formula is C6H7ClNNaO4S. The van der Waals surface area contributed by atoms with Gasteiger partial charge in [0, 0.05) is 0 Å². The first kappa shape index (κ1) is 14.3. The van der Waals surface area contributed by atoms with Gasteiger partial charge in [0.2, 0.25) is 0 Å². The number of hydrogen-bond acceptors (Lipinski definition) is 3. The van der Waals surface area contributed by atoms with E-state index < -0.39 is 10.4 Å². The molecule has 0 bridgehead atoms. The fourth-order valence-corrected chi connectivity index (χ4v) is 1.15. The summed E-state index contributed by atoms with van der Waals surface area (Å²) in [6, 6.07) is 3.84. The third kappa shape index (κ3) is 10.4. The molecule has 0 unspecified atom stereocenters. The Balaban J connectivity index is 0.000000292. The Morgan fingerprint density at radius 2 is 1.93 bits per heavy atom. The van der Waals surface area contributed by atoms with Gasteiger partial charge in [0.1, 0.15) is 0 Å². The maximum absolute atomic E-state index is 8.74. The predicted molar refractivity (Wildman–Crippen MR) is 52.9 cm³/mol. The van der Waals surface area contributed by atoms with Crippen molar-refractivity contribution >= 4 is 49.9 Å². The monoisotopic (exact) mass is 247 g/mol. The second-order valence-corrected chi connectivity index (χ2v) is 4.28. The van der Waals surface area contributed by atoms with E-state index in [0.717, 1.165) is 3.67 Å². The first-order chi connectivity index (χ1) is 6.33. The zero-order valence-electron chi connectivity index (χ0n) is 7.38. The molecule has 1 rings (SSSR count). The Labute approximate surface area is 104 Å². The molecule has 0 aliphatic heterocycles. The Kier molecular flexibility index (Phi) is 6.88. The quantitative estimate of drug-likeness (QED) is 0.434. The molecule has 2 N–H and O–H groups in total. The Morgan fingerprint density at radius 3 is 2.21 bits per heavy atom. The maximum atomic E-state index is 8.74. The molecule has 1 aromatic heterocycles. The number of hydrogen-bond donors (Lipinski definition) is 2. The summed E-state index contributed by atoms with van der Waals surface area (Å²) in [4.78, 5) is 3.94. The Hall–Kier alpha value is 0.310. The van der Waals surface area contributed by atoms with Gasteiger partial charge < -0.3 is 0 Å². The Morgan fingerprint density at radius 1 is 1.43 bits per heavy atom. The minimum atomic E-state index is -4.67. The van der Waals surface area contributed by atoms with Crippen molar-refractivity contribution < 1.29 is 17.5 Å². The summed E-state index contributed by atoms with van der Waals surface area (Å²) in [7, 11) is -4.67. The van der Waals surface area contributed by atoms with Crippen molar-refractivity contribution in [2.45, 2.75) is 3.67 Å². The van der Waals surface area contributed by atoms with Gasteiger partial charge in [0.25, 0.3) is 0 Å². The molecule has 74 valence electrons. The van der Waals surface area contributed by atoms with Gasteiger partial charge in [0.05, 0.1) is 0 Å². The fraction of sp³-hybridized carbons (Fsp3) is 0.167. The third-order valence-corrected chi connectivity index (χ3v) is 2.24. The van der Waals surface area contributed by atoms with E-state index >= 15 is 0 Å². The van der Waals surface area contributed by atoms with Crippen LogP contribution >= 0.6 is 11.6 Å². The summed E-state index contributed by atoms with van der Waals surface area (Å²) in [6.45, 7) is 0. The molecule has 0 fully saturated rings. The van der Waals surface area contributed by atoms with Gasteiger partial charge in [-0.3, -0.25) is 9.11 Å². The van der Waals surface area contributed by atoms with Crippen molar-refractivity contribution in [2.75, 3.05) is 0 Å². The van der Waals surface area contributed by atoms with Crippen LogP contribution in [-0.2, 0) is 14.1 Å². The van der Waals surface area contributed by atoms with Crippen molar-refractivity contribution in [2.24, 2.45) is 0 Å². The van der Waals surface area contributed by atoms with Crippen LogP contribution in [0, 0.1) is 0 Å². The second kappa shape index (κ2) is 6.73. The van der Waals surface area contributed by atoms with Crippen LogP contribution in [0.4, 0.5) is 0 Å². The molecule has 0 spiro atoms. The van der Waals surface area contributed by atoms with Crippen molar-refractivity contribution in [3.63, 3.8) is 0 Å². The number of nitrogens with zero attached hydrogens (tertiary/aromatic N) is 1. The van der Waals surface area contributed by atoms with Gasteiger partial charge in [-0.05, 0) is 0 Å². The predicted octanol–water partition coefficient (Wildman–Crippen LogP) is 0.751. The number of aromatic nitrogens is 1. The molecular weight excluding hydrogens is 241 g/mol. The van der Waals surface area contributed by atoms with E-state index in [1.165, 1.54) is 33.5 Å². The van der Waals surface area contributed by atoms with E-state index in [1.807, 2.05) is 18.3 Å². The molecule has 0 radical (unpaired) electrons. The molecule has 0 amide bonds. The van der Waals surface area contributed by atoms with Crippen molar-refractivity contribution in [3.05, 3.63) is 29.0 Å². The summed E-state index contributed by atoms with van der Waals surface area (Å²) in [5.41, 5.74) is 1.28. The van der Waals surface area contributed by atoms with Crippen LogP contribution in [0.5, 0.6) is 0 Å². The van der Waals surface area contributed by atoms with Crippen LogP contribution in [-0.4, -0.2) is 50.4 Å². The van der Waals surface area contributed by atoms with Crippen LogP contribution in [0.15, 0.2) is 18.3 Å². The average molecular weight is 248 g/mol. The van der Waals surface area contributed by atoms with E-state index in [4.69, 9.17) is 29.1 Å². The van der Waals surface area contributed by atoms with E-state index in [2.05, 4.69) is 4.98 Å². The van der Waals surface area contributed by atoms with Crippen LogP contribution in [0.3, 0.4) is 0 Å². The molecule has 0 aliphatic rings. The van der Waals surface area contributed by atoms with Gasteiger partial charge in [0.15, 0.2) is 0 Å². The first-order valence-corrected chi connectivity index (χ1v) is 6.82. The number of halogens is 1. The van der Waals surface area contributed by atoms with E-state index in [1.54, 1.807) is 0 Å². The van der Waals surface area contributed by atoms with E-state index in [9.17, 15) is 0 Å².